The number of phenols is 1. The highest BCUT2D eigenvalue weighted by atomic mass is 16.5. The van der Waals surface area contributed by atoms with Gasteiger partial charge >= 0.3 is 6.03 Å². The van der Waals surface area contributed by atoms with Crippen molar-refractivity contribution in [2.24, 2.45) is 0 Å². The number of benzene rings is 2. The molecule has 0 fully saturated rings. The number of ether oxygens (including phenoxy) is 1. The second kappa shape index (κ2) is 7.36. The van der Waals surface area contributed by atoms with Crippen molar-refractivity contribution >= 4 is 6.03 Å². The zero-order valence-corrected chi connectivity index (χ0v) is 12.7. The van der Waals surface area contributed by atoms with Crippen LogP contribution >= 0.6 is 0 Å². The number of phenolic OH excluding ortho intramolecular Hbond substituents is 1. The van der Waals surface area contributed by atoms with Gasteiger partial charge in [0.1, 0.15) is 11.5 Å². The van der Waals surface area contributed by atoms with E-state index in [0.717, 1.165) is 11.1 Å². The van der Waals surface area contributed by atoms with Crippen molar-refractivity contribution in [3.05, 3.63) is 59.7 Å². The maximum atomic E-state index is 11.8. The summed E-state index contributed by atoms with van der Waals surface area (Å²) in [5.74, 6) is 0.744. The van der Waals surface area contributed by atoms with Crippen LogP contribution in [-0.4, -0.2) is 17.4 Å². The Morgan fingerprint density at radius 3 is 2.55 bits per heavy atom. The molecule has 0 bridgehead atoms. The van der Waals surface area contributed by atoms with Gasteiger partial charge in [0.15, 0.2) is 6.23 Å². The summed E-state index contributed by atoms with van der Waals surface area (Å²) in [7, 11) is 0. The predicted molar refractivity (Wildman–Crippen MR) is 84.7 cm³/mol. The lowest BCUT2D eigenvalue weighted by atomic mass is 10.1. The van der Waals surface area contributed by atoms with Gasteiger partial charge in [-0.3, -0.25) is 0 Å². The van der Waals surface area contributed by atoms with Crippen LogP contribution < -0.4 is 15.4 Å². The van der Waals surface area contributed by atoms with E-state index >= 15 is 0 Å². The number of rotatable bonds is 5. The standard InChI is InChI=1S/C17H20N2O3/c1-12-5-3-4-6-14(12)11-18-17(21)19-13(2)22-16-9-7-15(20)8-10-16/h3-10,13,20H,11H2,1-2H3,(H2,18,19,21). The van der Waals surface area contributed by atoms with Gasteiger partial charge in [-0.25, -0.2) is 4.79 Å². The molecule has 2 aromatic rings. The lowest BCUT2D eigenvalue weighted by molar-refractivity contribution is 0.177. The van der Waals surface area contributed by atoms with Gasteiger partial charge in [0.25, 0.3) is 0 Å². The smallest absolute Gasteiger partial charge is 0.317 e. The molecular weight excluding hydrogens is 280 g/mol. The van der Waals surface area contributed by atoms with E-state index in [1.54, 1.807) is 19.1 Å². The van der Waals surface area contributed by atoms with Crippen molar-refractivity contribution in [2.75, 3.05) is 0 Å². The van der Waals surface area contributed by atoms with Crippen molar-refractivity contribution in [2.45, 2.75) is 26.6 Å². The first kappa shape index (κ1) is 15.7. The van der Waals surface area contributed by atoms with E-state index < -0.39 is 6.23 Å². The number of urea groups is 1. The molecule has 1 unspecified atom stereocenters. The number of carbonyl (C=O) groups excluding carboxylic acids is 1. The van der Waals surface area contributed by atoms with Crippen LogP contribution in [0, 0.1) is 6.92 Å². The lowest BCUT2D eigenvalue weighted by Crippen LogP contribution is -2.43. The van der Waals surface area contributed by atoms with Gasteiger partial charge in [-0.15, -0.1) is 0 Å². The molecule has 0 saturated heterocycles. The zero-order valence-electron chi connectivity index (χ0n) is 12.7. The second-order valence-corrected chi connectivity index (χ2v) is 5.01. The number of hydrogen-bond acceptors (Lipinski definition) is 3. The molecule has 0 heterocycles. The molecule has 116 valence electrons. The van der Waals surface area contributed by atoms with Crippen molar-refractivity contribution in [3.8, 4) is 11.5 Å². The average molecular weight is 300 g/mol. The largest absolute Gasteiger partial charge is 0.508 e. The molecule has 22 heavy (non-hydrogen) atoms. The molecule has 2 amide bonds. The minimum Gasteiger partial charge on any atom is -0.508 e. The highest BCUT2D eigenvalue weighted by Gasteiger charge is 2.08. The Labute approximate surface area is 129 Å². The predicted octanol–water partition coefficient (Wildman–Crippen LogP) is 2.92. The Kier molecular flexibility index (Phi) is 5.25. The summed E-state index contributed by atoms with van der Waals surface area (Å²) >= 11 is 0. The van der Waals surface area contributed by atoms with E-state index in [2.05, 4.69) is 10.6 Å². The summed E-state index contributed by atoms with van der Waals surface area (Å²) in [5, 5.41) is 14.7. The quantitative estimate of drug-likeness (QED) is 0.744. The van der Waals surface area contributed by atoms with Crippen LogP contribution in [-0.2, 0) is 6.54 Å². The maximum Gasteiger partial charge on any atom is 0.317 e. The van der Waals surface area contributed by atoms with Crippen molar-refractivity contribution in [1.82, 2.24) is 10.6 Å². The Morgan fingerprint density at radius 2 is 1.86 bits per heavy atom. The maximum absolute atomic E-state index is 11.8. The molecule has 0 saturated carbocycles. The molecular formula is C17H20N2O3. The summed E-state index contributed by atoms with van der Waals surface area (Å²) in [5.41, 5.74) is 2.21. The minimum atomic E-state index is -0.485. The summed E-state index contributed by atoms with van der Waals surface area (Å²) in [6, 6.07) is 13.9. The summed E-state index contributed by atoms with van der Waals surface area (Å²) in [4.78, 5) is 11.8. The molecule has 3 N–H and O–H groups in total. The van der Waals surface area contributed by atoms with Gasteiger partial charge < -0.3 is 20.5 Å². The molecule has 0 spiro atoms. The molecule has 0 aromatic heterocycles. The van der Waals surface area contributed by atoms with E-state index in [9.17, 15) is 9.90 Å². The number of amides is 2. The highest BCUT2D eigenvalue weighted by Crippen LogP contribution is 2.16. The Hall–Kier alpha value is -2.69. The van der Waals surface area contributed by atoms with Crippen LogP contribution in [0.2, 0.25) is 0 Å². The number of aromatic hydroxyl groups is 1. The van der Waals surface area contributed by atoms with Crippen LogP contribution in [0.15, 0.2) is 48.5 Å². The van der Waals surface area contributed by atoms with Gasteiger partial charge in [-0.05, 0) is 49.2 Å². The van der Waals surface area contributed by atoms with Gasteiger partial charge in [0, 0.05) is 6.54 Å². The van der Waals surface area contributed by atoms with E-state index in [1.165, 1.54) is 12.1 Å². The molecule has 5 nitrogen and oxygen atoms in total. The Morgan fingerprint density at radius 1 is 1.18 bits per heavy atom. The van der Waals surface area contributed by atoms with E-state index in [1.807, 2.05) is 31.2 Å². The molecule has 2 aromatic carbocycles. The minimum absolute atomic E-state index is 0.170. The zero-order chi connectivity index (χ0) is 15.9. The Bertz CT molecular complexity index is 626. The molecule has 0 radical (unpaired) electrons. The molecule has 0 aliphatic rings. The SMILES string of the molecule is Cc1ccccc1CNC(=O)NC(C)Oc1ccc(O)cc1. The van der Waals surface area contributed by atoms with Crippen LogP contribution in [0.1, 0.15) is 18.1 Å². The van der Waals surface area contributed by atoms with E-state index in [0.29, 0.717) is 12.3 Å². The molecule has 0 aliphatic carbocycles. The van der Waals surface area contributed by atoms with Crippen LogP contribution in [0.4, 0.5) is 4.79 Å². The number of aryl methyl sites for hydroxylation is 1. The van der Waals surface area contributed by atoms with Crippen molar-refractivity contribution in [3.63, 3.8) is 0 Å². The first-order valence-corrected chi connectivity index (χ1v) is 7.09. The fourth-order valence-electron chi connectivity index (χ4n) is 1.98. The third-order valence-electron chi connectivity index (χ3n) is 3.18. The molecule has 0 aliphatic heterocycles. The van der Waals surface area contributed by atoms with Crippen molar-refractivity contribution < 1.29 is 14.6 Å². The third kappa shape index (κ3) is 4.70. The van der Waals surface area contributed by atoms with Crippen LogP contribution in [0.5, 0.6) is 11.5 Å². The summed E-state index contributed by atoms with van der Waals surface area (Å²) < 4.78 is 5.53. The topological polar surface area (TPSA) is 70.6 Å². The number of nitrogens with one attached hydrogen (secondary N) is 2. The fourth-order valence-corrected chi connectivity index (χ4v) is 1.98. The number of hydrogen-bond donors (Lipinski definition) is 3. The first-order valence-electron chi connectivity index (χ1n) is 7.09. The van der Waals surface area contributed by atoms with Gasteiger partial charge in [0.2, 0.25) is 0 Å². The van der Waals surface area contributed by atoms with E-state index in [-0.39, 0.29) is 11.8 Å². The van der Waals surface area contributed by atoms with Crippen LogP contribution in [0.3, 0.4) is 0 Å². The van der Waals surface area contributed by atoms with Gasteiger partial charge in [-0.2, -0.15) is 0 Å². The first-order chi connectivity index (χ1) is 10.5. The Balaban J connectivity index is 1.79. The normalized spacial score (nSPS) is 11.5. The lowest BCUT2D eigenvalue weighted by Gasteiger charge is -2.17. The summed E-state index contributed by atoms with van der Waals surface area (Å²) in [6.07, 6.45) is -0.485. The highest BCUT2D eigenvalue weighted by molar-refractivity contribution is 5.74. The number of carbonyl (C=O) groups is 1. The van der Waals surface area contributed by atoms with Gasteiger partial charge in [0.05, 0.1) is 0 Å². The van der Waals surface area contributed by atoms with Gasteiger partial charge in [-0.1, -0.05) is 24.3 Å². The molecule has 2 rings (SSSR count). The fraction of sp³-hybridized carbons (Fsp3) is 0.235. The third-order valence-corrected chi connectivity index (χ3v) is 3.18. The summed E-state index contributed by atoms with van der Waals surface area (Å²) in [6.45, 7) is 4.20. The van der Waals surface area contributed by atoms with Crippen molar-refractivity contribution in [1.29, 1.82) is 0 Å². The second-order valence-electron chi connectivity index (χ2n) is 5.01. The monoisotopic (exact) mass is 300 g/mol. The van der Waals surface area contributed by atoms with E-state index in [4.69, 9.17) is 4.74 Å². The average Bonchev–Trinajstić information content (AvgIpc) is 2.49. The molecule has 1 atom stereocenters. The molecule has 5 heteroatoms. The van der Waals surface area contributed by atoms with Crippen LogP contribution in [0.25, 0.3) is 0 Å².